The number of hydrogen-bond acceptors (Lipinski definition) is 4. The molecular weight excluding hydrogens is 357 g/mol. The lowest BCUT2D eigenvalue weighted by Gasteiger charge is -2.11. The van der Waals surface area contributed by atoms with Gasteiger partial charge in [-0.25, -0.2) is 4.98 Å². The van der Waals surface area contributed by atoms with Crippen LogP contribution in [0, 0.1) is 0 Å². The van der Waals surface area contributed by atoms with Crippen molar-refractivity contribution >= 4 is 34.1 Å². The van der Waals surface area contributed by atoms with E-state index in [2.05, 4.69) is 15.0 Å². The number of pyridine rings is 1. The maximum atomic E-state index is 6.24. The lowest BCUT2D eigenvalue weighted by atomic mass is 10.2. The van der Waals surface area contributed by atoms with E-state index in [1.807, 2.05) is 36.4 Å². The third kappa shape index (κ3) is 3.14. The smallest absolute Gasteiger partial charge is 0.230 e. The van der Waals surface area contributed by atoms with E-state index in [1.54, 1.807) is 30.6 Å². The zero-order valence-corrected chi connectivity index (χ0v) is 14.4. The van der Waals surface area contributed by atoms with E-state index < -0.39 is 0 Å². The standard InChI is InChI=1S/C19H11Cl2N3O/c20-14-7-3-9-16(17(14)21)25-19-13-6-1-2-8-15(13)23-18(24-19)12-5-4-10-22-11-12/h1-11H. The molecule has 2 aromatic carbocycles. The number of nitrogens with zero attached hydrogens (tertiary/aromatic N) is 3. The van der Waals surface area contributed by atoms with Crippen molar-refractivity contribution in [2.45, 2.75) is 0 Å². The topological polar surface area (TPSA) is 47.9 Å². The molecule has 2 heterocycles. The van der Waals surface area contributed by atoms with Gasteiger partial charge in [0.15, 0.2) is 5.82 Å². The molecule has 0 saturated carbocycles. The Morgan fingerprint density at radius 1 is 0.840 bits per heavy atom. The monoisotopic (exact) mass is 367 g/mol. The van der Waals surface area contributed by atoms with E-state index in [-0.39, 0.29) is 0 Å². The molecule has 0 N–H and O–H groups in total. The van der Waals surface area contributed by atoms with Crippen LogP contribution < -0.4 is 4.74 Å². The molecule has 0 fully saturated rings. The van der Waals surface area contributed by atoms with Crippen molar-refractivity contribution in [1.82, 2.24) is 15.0 Å². The fourth-order valence-corrected chi connectivity index (χ4v) is 2.75. The summed E-state index contributed by atoms with van der Waals surface area (Å²) in [5, 5.41) is 1.55. The Bertz CT molecular complexity index is 1050. The molecule has 0 aliphatic carbocycles. The minimum Gasteiger partial charge on any atom is -0.437 e. The van der Waals surface area contributed by atoms with Gasteiger partial charge < -0.3 is 4.74 Å². The highest BCUT2D eigenvalue weighted by atomic mass is 35.5. The van der Waals surface area contributed by atoms with Crippen LogP contribution in [0.2, 0.25) is 10.0 Å². The van der Waals surface area contributed by atoms with Crippen LogP contribution in [0.15, 0.2) is 67.0 Å². The maximum Gasteiger partial charge on any atom is 0.230 e. The van der Waals surface area contributed by atoms with Gasteiger partial charge in [-0.05, 0) is 36.4 Å². The zero-order chi connectivity index (χ0) is 17.2. The molecule has 4 nitrogen and oxygen atoms in total. The molecule has 4 rings (SSSR count). The molecule has 0 aliphatic rings. The van der Waals surface area contributed by atoms with Gasteiger partial charge in [0.05, 0.1) is 15.9 Å². The van der Waals surface area contributed by atoms with Crippen molar-refractivity contribution in [2.75, 3.05) is 0 Å². The Kier molecular flexibility index (Phi) is 4.22. The number of rotatable bonds is 3. The Hall–Kier alpha value is -2.69. The van der Waals surface area contributed by atoms with Gasteiger partial charge in [-0.2, -0.15) is 4.98 Å². The van der Waals surface area contributed by atoms with E-state index in [4.69, 9.17) is 27.9 Å². The lowest BCUT2D eigenvalue weighted by Crippen LogP contribution is -1.96. The number of fused-ring (bicyclic) bond motifs is 1. The maximum absolute atomic E-state index is 6.24. The first-order chi connectivity index (χ1) is 12.2. The third-order valence-electron chi connectivity index (χ3n) is 3.61. The summed E-state index contributed by atoms with van der Waals surface area (Å²) in [6, 6.07) is 16.6. The van der Waals surface area contributed by atoms with Gasteiger partial charge in [-0.15, -0.1) is 0 Å². The second kappa shape index (κ2) is 6.67. The molecule has 0 saturated heterocycles. The molecule has 0 spiro atoms. The van der Waals surface area contributed by atoms with E-state index in [9.17, 15) is 0 Å². The van der Waals surface area contributed by atoms with Crippen molar-refractivity contribution in [3.05, 3.63) is 77.0 Å². The van der Waals surface area contributed by atoms with Crippen molar-refractivity contribution < 1.29 is 4.74 Å². The first-order valence-corrected chi connectivity index (χ1v) is 8.27. The average molecular weight is 368 g/mol. The summed E-state index contributed by atoms with van der Waals surface area (Å²) in [7, 11) is 0. The molecule has 0 amide bonds. The zero-order valence-electron chi connectivity index (χ0n) is 12.9. The fraction of sp³-hybridized carbons (Fsp3) is 0. The first kappa shape index (κ1) is 15.8. The number of benzene rings is 2. The first-order valence-electron chi connectivity index (χ1n) is 7.51. The molecule has 0 atom stereocenters. The second-order valence-corrected chi connectivity index (χ2v) is 6.05. The highest BCUT2D eigenvalue weighted by Gasteiger charge is 2.13. The summed E-state index contributed by atoms with van der Waals surface area (Å²) < 4.78 is 5.98. The Morgan fingerprint density at radius 3 is 2.56 bits per heavy atom. The highest BCUT2D eigenvalue weighted by molar-refractivity contribution is 6.42. The van der Waals surface area contributed by atoms with E-state index in [0.717, 1.165) is 16.5 Å². The van der Waals surface area contributed by atoms with Crippen LogP contribution in [-0.2, 0) is 0 Å². The number of aromatic nitrogens is 3. The van der Waals surface area contributed by atoms with Gasteiger partial charge in [-0.1, -0.05) is 41.4 Å². The third-order valence-corrected chi connectivity index (χ3v) is 4.41. The molecule has 0 radical (unpaired) electrons. The molecule has 25 heavy (non-hydrogen) atoms. The molecule has 0 aliphatic heterocycles. The van der Waals surface area contributed by atoms with Crippen LogP contribution in [-0.4, -0.2) is 15.0 Å². The van der Waals surface area contributed by atoms with E-state index in [1.165, 1.54) is 0 Å². The van der Waals surface area contributed by atoms with Gasteiger partial charge in [-0.3, -0.25) is 4.98 Å². The summed E-state index contributed by atoms with van der Waals surface area (Å²) >= 11 is 12.3. The Morgan fingerprint density at radius 2 is 1.72 bits per heavy atom. The predicted octanol–water partition coefficient (Wildman–Crippen LogP) is 5.79. The fourth-order valence-electron chi connectivity index (χ4n) is 2.42. The second-order valence-electron chi connectivity index (χ2n) is 5.27. The van der Waals surface area contributed by atoms with Crippen molar-refractivity contribution in [1.29, 1.82) is 0 Å². The molecule has 4 aromatic rings. The summed E-state index contributed by atoms with van der Waals surface area (Å²) in [6.45, 7) is 0. The van der Waals surface area contributed by atoms with Crippen LogP contribution in [0.3, 0.4) is 0 Å². The van der Waals surface area contributed by atoms with Gasteiger partial charge in [0.25, 0.3) is 0 Å². The number of ether oxygens (including phenoxy) is 1. The predicted molar refractivity (Wildman–Crippen MR) is 99.3 cm³/mol. The van der Waals surface area contributed by atoms with Crippen LogP contribution in [0.25, 0.3) is 22.3 Å². The molecule has 0 bridgehead atoms. The van der Waals surface area contributed by atoms with Crippen LogP contribution >= 0.6 is 23.2 Å². The summed E-state index contributed by atoms with van der Waals surface area (Å²) in [5.74, 6) is 1.38. The van der Waals surface area contributed by atoms with Crippen molar-refractivity contribution in [3.63, 3.8) is 0 Å². The molecule has 2 aromatic heterocycles. The molecule has 0 unspecified atom stereocenters. The van der Waals surface area contributed by atoms with E-state index in [0.29, 0.717) is 27.5 Å². The summed E-state index contributed by atoms with van der Waals surface area (Å²) in [5.41, 5.74) is 1.57. The minimum atomic E-state index is 0.342. The Balaban J connectivity index is 1.88. The normalized spacial score (nSPS) is 10.8. The van der Waals surface area contributed by atoms with Crippen LogP contribution in [0.4, 0.5) is 0 Å². The minimum absolute atomic E-state index is 0.342. The van der Waals surface area contributed by atoms with Crippen molar-refractivity contribution in [2.24, 2.45) is 0 Å². The van der Waals surface area contributed by atoms with Crippen LogP contribution in [0.5, 0.6) is 11.6 Å². The van der Waals surface area contributed by atoms with Gasteiger partial charge in [0.1, 0.15) is 10.8 Å². The summed E-state index contributed by atoms with van der Waals surface area (Å²) in [6.07, 6.45) is 3.41. The van der Waals surface area contributed by atoms with Crippen molar-refractivity contribution in [3.8, 4) is 23.0 Å². The molecular formula is C19H11Cl2N3O. The SMILES string of the molecule is Clc1cccc(Oc2nc(-c3cccnc3)nc3ccccc23)c1Cl. The van der Waals surface area contributed by atoms with Gasteiger partial charge >= 0.3 is 0 Å². The Labute approximate surface area is 154 Å². The highest BCUT2D eigenvalue weighted by Crippen LogP contribution is 2.36. The quantitative estimate of drug-likeness (QED) is 0.459. The lowest BCUT2D eigenvalue weighted by molar-refractivity contribution is 0.469. The molecule has 6 heteroatoms. The summed E-state index contributed by atoms with van der Waals surface area (Å²) in [4.78, 5) is 13.3. The number of hydrogen-bond donors (Lipinski definition) is 0. The molecule has 122 valence electrons. The largest absolute Gasteiger partial charge is 0.437 e. The van der Waals surface area contributed by atoms with Gasteiger partial charge in [0.2, 0.25) is 5.88 Å². The van der Waals surface area contributed by atoms with Gasteiger partial charge in [0, 0.05) is 18.0 Å². The number of para-hydroxylation sites is 1. The number of halogens is 2. The van der Waals surface area contributed by atoms with Crippen LogP contribution in [0.1, 0.15) is 0 Å². The average Bonchev–Trinajstić information content (AvgIpc) is 2.66. The van der Waals surface area contributed by atoms with E-state index >= 15 is 0 Å².